The van der Waals surface area contributed by atoms with Crippen LogP contribution in [0.15, 0.2) is 30.3 Å². The molecule has 0 aromatic heterocycles. The summed E-state index contributed by atoms with van der Waals surface area (Å²) < 4.78 is 5.17. The summed E-state index contributed by atoms with van der Waals surface area (Å²) in [5.74, 6) is -0.553. The van der Waals surface area contributed by atoms with Crippen LogP contribution in [0.1, 0.15) is 5.56 Å². The molecule has 2 rings (SSSR count). The van der Waals surface area contributed by atoms with Crippen molar-refractivity contribution in [1.82, 2.24) is 10.4 Å². The predicted octanol–water partition coefficient (Wildman–Crippen LogP) is -0.730. The molecule has 3 N–H and O–H groups in total. The molecule has 1 aliphatic heterocycles. The predicted molar refractivity (Wildman–Crippen MR) is 67.8 cm³/mol. The van der Waals surface area contributed by atoms with Gasteiger partial charge in [0.1, 0.15) is 12.7 Å². The third-order valence-corrected chi connectivity index (χ3v) is 3.19. The summed E-state index contributed by atoms with van der Waals surface area (Å²) in [7, 11) is 1.63. The maximum atomic E-state index is 12.0. The minimum Gasteiger partial charge on any atom is -0.460 e. The number of β-amino-alcohol motifs (C(OH)–C–C–N with tert-alkyl or cyclic N) is 1. The smallest absolute Gasteiger partial charge is 0.327 e. The molecule has 0 aliphatic carbocycles. The van der Waals surface area contributed by atoms with Gasteiger partial charge in [-0.1, -0.05) is 30.3 Å². The molecule has 19 heavy (non-hydrogen) atoms. The third-order valence-electron chi connectivity index (χ3n) is 3.19. The molecule has 1 saturated heterocycles. The van der Waals surface area contributed by atoms with Crippen molar-refractivity contribution in [2.75, 3.05) is 13.6 Å². The topological polar surface area (TPSA) is 82.0 Å². The first-order valence-corrected chi connectivity index (χ1v) is 6.14. The van der Waals surface area contributed by atoms with Crippen LogP contribution in [-0.4, -0.2) is 53.0 Å². The SMILES string of the molecule is CNN1C[C@H](O)[C@H](O)[C@H]1C(=O)OCc1ccccc1. The van der Waals surface area contributed by atoms with Crippen LogP contribution < -0.4 is 5.43 Å². The minimum atomic E-state index is -1.14. The Balaban J connectivity index is 1.95. The normalized spacial score (nSPS) is 27.4. The number of esters is 1. The highest BCUT2D eigenvalue weighted by Gasteiger charge is 2.45. The van der Waals surface area contributed by atoms with Gasteiger partial charge in [-0.2, -0.15) is 0 Å². The van der Waals surface area contributed by atoms with Crippen molar-refractivity contribution in [2.45, 2.75) is 24.9 Å². The van der Waals surface area contributed by atoms with Crippen LogP contribution >= 0.6 is 0 Å². The molecule has 0 amide bonds. The number of aliphatic hydroxyl groups is 2. The fraction of sp³-hybridized carbons (Fsp3) is 0.462. The van der Waals surface area contributed by atoms with E-state index in [2.05, 4.69) is 5.43 Å². The standard InChI is InChI=1S/C13H18N2O4/c1-14-15-7-10(16)12(17)11(15)13(18)19-8-9-5-3-2-4-6-9/h2-6,10-12,14,16-17H,7-8H2,1H3/t10-,11-,12-/m0/s1. The Morgan fingerprint density at radius 3 is 2.74 bits per heavy atom. The van der Waals surface area contributed by atoms with Crippen LogP contribution in [0.5, 0.6) is 0 Å². The highest BCUT2D eigenvalue weighted by atomic mass is 16.5. The highest BCUT2D eigenvalue weighted by Crippen LogP contribution is 2.18. The number of hydrogen-bond donors (Lipinski definition) is 3. The molecule has 1 aromatic rings. The lowest BCUT2D eigenvalue weighted by Crippen LogP contribution is -2.48. The molecule has 0 spiro atoms. The fourth-order valence-electron chi connectivity index (χ4n) is 2.13. The molecular formula is C13H18N2O4. The van der Waals surface area contributed by atoms with Crippen LogP contribution in [0, 0.1) is 0 Å². The molecule has 6 heteroatoms. The van der Waals surface area contributed by atoms with E-state index < -0.39 is 24.2 Å². The van der Waals surface area contributed by atoms with Crippen LogP contribution in [0.2, 0.25) is 0 Å². The monoisotopic (exact) mass is 266 g/mol. The molecular weight excluding hydrogens is 248 g/mol. The number of carbonyl (C=O) groups excluding carboxylic acids is 1. The van der Waals surface area contributed by atoms with E-state index in [4.69, 9.17) is 4.74 Å². The summed E-state index contributed by atoms with van der Waals surface area (Å²) >= 11 is 0. The maximum Gasteiger partial charge on any atom is 0.327 e. The van der Waals surface area contributed by atoms with E-state index in [1.54, 1.807) is 7.05 Å². The molecule has 3 atom stereocenters. The summed E-state index contributed by atoms with van der Waals surface area (Å²) in [4.78, 5) is 12.0. The molecule has 1 aromatic carbocycles. The number of benzene rings is 1. The Bertz CT molecular complexity index is 426. The van der Waals surface area contributed by atoms with Crippen molar-refractivity contribution in [1.29, 1.82) is 0 Å². The van der Waals surface area contributed by atoms with Gasteiger partial charge in [0.15, 0.2) is 6.04 Å². The van der Waals surface area contributed by atoms with Crippen molar-refractivity contribution in [3.63, 3.8) is 0 Å². The van der Waals surface area contributed by atoms with Gasteiger partial charge in [0.2, 0.25) is 0 Å². The summed E-state index contributed by atoms with van der Waals surface area (Å²) in [5.41, 5.74) is 3.64. The van der Waals surface area contributed by atoms with E-state index in [1.165, 1.54) is 5.01 Å². The summed E-state index contributed by atoms with van der Waals surface area (Å²) in [5, 5.41) is 20.8. The van der Waals surface area contributed by atoms with E-state index in [-0.39, 0.29) is 13.2 Å². The number of hydrogen-bond acceptors (Lipinski definition) is 6. The van der Waals surface area contributed by atoms with Crippen LogP contribution in [0.4, 0.5) is 0 Å². The average molecular weight is 266 g/mol. The Hall–Kier alpha value is -1.47. The molecule has 0 saturated carbocycles. The van der Waals surface area contributed by atoms with Gasteiger partial charge >= 0.3 is 5.97 Å². The van der Waals surface area contributed by atoms with Gasteiger partial charge in [0, 0.05) is 6.54 Å². The van der Waals surface area contributed by atoms with Crippen LogP contribution in [-0.2, 0) is 16.1 Å². The largest absolute Gasteiger partial charge is 0.460 e. The second-order valence-corrected chi connectivity index (χ2v) is 4.47. The second kappa shape index (κ2) is 6.12. The van der Waals surface area contributed by atoms with Crippen LogP contribution in [0.25, 0.3) is 0 Å². The molecule has 0 radical (unpaired) electrons. The molecule has 1 aliphatic rings. The van der Waals surface area contributed by atoms with E-state index in [0.29, 0.717) is 0 Å². The van der Waals surface area contributed by atoms with Crippen molar-refractivity contribution in [3.8, 4) is 0 Å². The zero-order valence-electron chi connectivity index (χ0n) is 10.7. The van der Waals surface area contributed by atoms with Gasteiger partial charge in [-0.3, -0.25) is 10.2 Å². The lowest BCUT2D eigenvalue weighted by molar-refractivity contribution is -0.155. The number of nitrogens with zero attached hydrogens (tertiary/aromatic N) is 1. The average Bonchev–Trinajstić information content (AvgIpc) is 2.73. The molecule has 6 nitrogen and oxygen atoms in total. The third kappa shape index (κ3) is 3.10. The lowest BCUT2D eigenvalue weighted by atomic mass is 10.1. The van der Waals surface area contributed by atoms with E-state index in [0.717, 1.165) is 5.56 Å². The first-order valence-electron chi connectivity index (χ1n) is 6.14. The first kappa shape index (κ1) is 14.0. The zero-order valence-corrected chi connectivity index (χ0v) is 10.7. The first-order chi connectivity index (χ1) is 9.13. The molecule has 0 bridgehead atoms. The number of nitrogens with one attached hydrogen (secondary N) is 1. The Kier molecular flexibility index (Phi) is 4.49. The lowest BCUT2D eigenvalue weighted by Gasteiger charge is -2.22. The molecule has 1 fully saturated rings. The van der Waals surface area contributed by atoms with Crippen molar-refractivity contribution in [2.24, 2.45) is 0 Å². The number of hydrazine groups is 1. The summed E-state index contributed by atoms with van der Waals surface area (Å²) in [6.45, 7) is 0.333. The van der Waals surface area contributed by atoms with Gasteiger partial charge in [0.05, 0.1) is 6.10 Å². The Labute approximate surface area is 111 Å². The van der Waals surface area contributed by atoms with Gasteiger partial charge in [-0.15, -0.1) is 0 Å². The summed E-state index contributed by atoms with van der Waals surface area (Å²) in [6, 6.07) is 8.41. The van der Waals surface area contributed by atoms with Gasteiger partial charge < -0.3 is 14.9 Å². The van der Waals surface area contributed by atoms with Gasteiger partial charge in [-0.05, 0) is 12.6 Å². The van der Waals surface area contributed by atoms with Crippen molar-refractivity contribution >= 4 is 5.97 Å². The maximum absolute atomic E-state index is 12.0. The molecule has 0 unspecified atom stereocenters. The molecule has 1 heterocycles. The van der Waals surface area contributed by atoms with E-state index in [9.17, 15) is 15.0 Å². The zero-order chi connectivity index (χ0) is 13.8. The fourth-order valence-corrected chi connectivity index (χ4v) is 2.13. The number of ether oxygens (including phenoxy) is 1. The number of aliphatic hydroxyl groups excluding tert-OH is 2. The van der Waals surface area contributed by atoms with Crippen molar-refractivity contribution in [3.05, 3.63) is 35.9 Å². The number of rotatable bonds is 4. The quantitative estimate of drug-likeness (QED) is 0.623. The second-order valence-electron chi connectivity index (χ2n) is 4.47. The molecule has 104 valence electrons. The van der Waals surface area contributed by atoms with Crippen molar-refractivity contribution < 1.29 is 19.7 Å². The van der Waals surface area contributed by atoms with E-state index in [1.807, 2.05) is 30.3 Å². The Morgan fingerprint density at radius 1 is 1.42 bits per heavy atom. The van der Waals surface area contributed by atoms with Gasteiger partial charge in [0.25, 0.3) is 0 Å². The number of carbonyl (C=O) groups is 1. The van der Waals surface area contributed by atoms with Gasteiger partial charge in [-0.25, -0.2) is 5.01 Å². The van der Waals surface area contributed by atoms with Crippen LogP contribution in [0.3, 0.4) is 0 Å². The highest BCUT2D eigenvalue weighted by molar-refractivity contribution is 5.77. The summed E-state index contributed by atoms with van der Waals surface area (Å²) in [6.07, 6.45) is -2.10. The van der Waals surface area contributed by atoms with E-state index >= 15 is 0 Å². The Morgan fingerprint density at radius 2 is 2.11 bits per heavy atom. The minimum absolute atomic E-state index is 0.149.